The van der Waals surface area contributed by atoms with Crippen molar-refractivity contribution in [3.8, 4) is 0 Å². The fourth-order valence-corrected chi connectivity index (χ4v) is 2.65. The second-order valence-corrected chi connectivity index (χ2v) is 5.48. The molecule has 17 heavy (non-hydrogen) atoms. The third-order valence-corrected chi connectivity index (χ3v) is 4.03. The molecule has 0 heterocycles. The van der Waals surface area contributed by atoms with Crippen molar-refractivity contribution in [2.75, 3.05) is 0 Å². The van der Waals surface area contributed by atoms with Crippen LogP contribution in [0.15, 0.2) is 52.3 Å². The van der Waals surface area contributed by atoms with Gasteiger partial charge in [0.05, 0.1) is 5.02 Å². The van der Waals surface area contributed by atoms with Crippen molar-refractivity contribution in [2.45, 2.75) is 16.3 Å². The molecular weight excluding hydrogens is 273 g/mol. The summed E-state index contributed by atoms with van der Waals surface area (Å²) in [6, 6.07) is 13.6. The quantitative estimate of drug-likeness (QED) is 0.891. The van der Waals surface area contributed by atoms with Crippen LogP contribution >= 0.6 is 35.0 Å². The first-order chi connectivity index (χ1) is 8.19. The van der Waals surface area contributed by atoms with Crippen LogP contribution in [-0.4, -0.2) is 0 Å². The summed E-state index contributed by atoms with van der Waals surface area (Å²) in [6.45, 7) is 0.506. The van der Waals surface area contributed by atoms with E-state index in [1.165, 1.54) is 0 Å². The molecule has 0 aliphatic rings. The van der Waals surface area contributed by atoms with Crippen molar-refractivity contribution < 1.29 is 0 Å². The second kappa shape index (κ2) is 5.78. The molecule has 0 aliphatic carbocycles. The highest BCUT2D eigenvalue weighted by Gasteiger charge is 2.03. The first-order valence-corrected chi connectivity index (χ1v) is 6.68. The van der Waals surface area contributed by atoms with Crippen LogP contribution < -0.4 is 5.73 Å². The highest BCUT2D eigenvalue weighted by atomic mass is 35.5. The maximum absolute atomic E-state index is 6.19. The molecule has 2 aromatic carbocycles. The van der Waals surface area contributed by atoms with E-state index in [-0.39, 0.29) is 0 Å². The summed E-state index contributed by atoms with van der Waals surface area (Å²) in [6.07, 6.45) is 0. The first kappa shape index (κ1) is 12.8. The van der Waals surface area contributed by atoms with E-state index < -0.39 is 0 Å². The van der Waals surface area contributed by atoms with E-state index in [0.717, 1.165) is 25.4 Å². The lowest BCUT2D eigenvalue weighted by Gasteiger charge is -2.06. The largest absolute Gasteiger partial charge is 0.326 e. The third-order valence-electron chi connectivity index (χ3n) is 2.27. The Morgan fingerprint density at radius 1 is 1.00 bits per heavy atom. The van der Waals surface area contributed by atoms with Gasteiger partial charge in [0, 0.05) is 21.4 Å². The van der Waals surface area contributed by atoms with Gasteiger partial charge in [0.15, 0.2) is 0 Å². The Hall–Kier alpha value is -0.670. The third kappa shape index (κ3) is 3.39. The molecule has 0 saturated heterocycles. The van der Waals surface area contributed by atoms with Gasteiger partial charge < -0.3 is 5.73 Å². The van der Waals surface area contributed by atoms with Crippen molar-refractivity contribution in [3.63, 3.8) is 0 Å². The van der Waals surface area contributed by atoms with Gasteiger partial charge in [-0.1, -0.05) is 41.0 Å². The molecule has 0 atom stereocenters. The maximum atomic E-state index is 6.19. The van der Waals surface area contributed by atoms with Gasteiger partial charge in [-0.05, 0) is 42.0 Å². The van der Waals surface area contributed by atoms with Gasteiger partial charge >= 0.3 is 0 Å². The smallest absolute Gasteiger partial charge is 0.0548 e. The van der Waals surface area contributed by atoms with E-state index in [0.29, 0.717) is 6.54 Å². The Bertz CT molecular complexity index is 511. The number of hydrogen-bond acceptors (Lipinski definition) is 2. The van der Waals surface area contributed by atoms with E-state index in [2.05, 4.69) is 0 Å². The highest BCUT2D eigenvalue weighted by Crippen LogP contribution is 2.34. The highest BCUT2D eigenvalue weighted by molar-refractivity contribution is 7.99. The van der Waals surface area contributed by atoms with Gasteiger partial charge in [0.2, 0.25) is 0 Å². The summed E-state index contributed by atoms with van der Waals surface area (Å²) >= 11 is 13.6. The average molecular weight is 284 g/mol. The van der Waals surface area contributed by atoms with Crippen molar-refractivity contribution >= 4 is 35.0 Å². The zero-order valence-corrected chi connectivity index (χ0v) is 11.3. The van der Waals surface area contributed by atoms with Crippen LogP contribution in [0.4, 0.5) is 0 Å². The zero-order valence-electron chi connectivity index (χ0n) is 8.99. The predicted molar refractivity (Wildman–Crippen MR) is 74.9 cm³/mol. The van der Waals surface area contributed by atoms with Gasteiger partial charge in [-0.2, -0.15) is 0 Å². The number of nitrogens with two attached hydrogens (primary N) is 1. The number of halogens is 2. The molecule has 0 amide bonds. The van der Waals surface area contributed by atoms with E-state index in [9.17, 15) is 0 Å². The Kier molecular flexibility index (Phi) is 4.35. The van der Waals surface area contributed by atoms with Crippen LogP contribution in [0.1, 0.15) is 5.56 Å². The molecule has 0 aromatic heterocycles. The van der Waals surface area contributed by atoms with Gasteiger partial charge in [0.1, 0.15) is 0 Å². The fraction of sp³-hybridized carbons (Fsp3) is 0.0769. The molecular formula is C13H11Cl2NS. The fourth-order valence-electron chi connectivity index (χ4n) is 1.38. The molecule has 2 rings (SSSR count). The SMILES string of the molecule is NCc1ccc(Sc2ccc(Cl)cc2)c(Cl)c1. The van der Waals surface area contributed by atoms with Crippen LogP contribution in [0.3, 0.4) is 0 Å². The maximum Gasteiger partial charge on any atom is 0.0548 e. The molecule has 0 unspecified atom stereocenters. The van der Waals surface area contributed by atoms with E-state index >= 15 is 0 Å². The van der Waals surface area contributed by atoms with Crippen molar-refractivity contribution in [2.24, 2.45) is 5.73 Å². The molecule has 0 aliphatic heterocycles. The molecule has 1 nitrogen and oxygen atoms in total. The lowest BCUT2D eigenvalue weighted by atomic mass is 10.2. The Morgan fingerprint density at radius 3 is 2.29 bits per heavy atom. The zero-order chi connectivity index (χ0) is 12.3. The minimum absolute atomic E-state index is 0.506. The molecule has 0 spiro atoms. The van der Waals surface area contributed by atoms with Crippen molar-refractivity contribution in [1.29, 1.82) is 0 Å². The van der Waals surface area contributed by atoms with E-state index in [4.69, 9.17) is 28.9 Å². The normalized spacial score (nSPS) is 10.5. The molecule has 4 heteroatoms. The number of benzene rings is 2. The average Bonchev–Trinajstić information content (AvgIpc) is 2.34. The second-order valence-electron chi connectivity index (χ2n) is 3.52. The first-order valence-electron chi connectivity index (χ1n) is 5.11. The lowest BCUT2D eigenvalue weighted by Crippen LogP contribution is -1.95. The van der Waals surface area contributed by atoms with Crippen molar-refractivity contribution in [1.82, 2.24) is 0 Å². The van der Waals surface area contributed by atoms with E-state index in [1.807, 2.05) is 42.5 Å². The Morgan fingerprint density at radius 2 is 1.71 bits per heavy atom. The van der Waals surface area contributed by atoms with Gasteiger partial charge in [0.25, 0.3) is 0 Å². The molecule has 2 aromatic rings. The number of rotatable bonds is 3. The summed E-state index contributed by atoms with van der Waals surface area (Å²) in [4.78, 5) is 2.13. The molecule has 0 fully saturated rings. The summed E-state index contributed by atoms with van der Waals surface area (Å²) in [7, 11) is 0. The van der Waals surface area contributed by atoms with Crippen LogP contribution in [0, 0.1) is 0 Å². The molecule has 0 bridgehead atoms. The topological polar surface area (TPSA) is 26.0 Å². The van der Waals surface area contributed by atoms with Crippen LogP contribution in [0.5, 0.6) is 0 Å². The summed E-state index contributed by atoms with van der Waals surface area (Å²) in [5, 5.41) is 1.46. The monoisotopic (exact) mass is 283 g/mol. The van der Waals surface area contributed by atoms with Crippen LogP contribution in [0.2, 0.25) is 10.0 Å². The molecule has 88 valence electrons. The van der Waals surface area contributed by atoms with E-state index in [1.54, 1.807) is 11.8 Å². The molecule has 0 radical (unpaired) electrons. The minimum Gasteiger partial charge on any atom is -0.326 e. The Balaban J connectivity index is 2.21. The lowest BCUT2D eigenvalue weighted by molar-refractivity contribution is 1.07. The summed E-state index contributed by atoms with van der Waals surface area (Å²) in [5.74, 6) is 0. The minimum atomic E-state index is 0.506. The van der Waals surface area contributed by atoms with Crippen LogP contribution in [0.25, 0.3) is 0 Å². The van der Waals surface area contributed by atoms with Gasteiger partial charge in [-0.3, -0.25) is 0 Å². The van der Waals surface area contributed by atoms with Gasteiger partial charge in [-0.15, -0.1) is 0 Å². The van der Waals surface area contributed by atoms with Crippen molar-refractivity contribution in [3.05, 3.63) is 58.1 Å². The van der Waals surface area contributed by atoms with Gasteiger partial charge in [-0.25, -0.2) is 0 Å². The predicted octanol–water partition coefficient (Wildman–Crippen LogP) is 4.60. The standard InChI is InChI=1S/C13H11Cl2NS/c14-10-2-4-11(5-3-10)17-13-6-1-9(8-16)7-12(13)15/h1-7H,8,16H2. The van der Waals surface area contributed by atoms with Crippen LogP contribution in [-0.2, 0) is 6.54 Å². The molecule has 2 N–H and O–H groups in total. The Labute approximate surface area is 115 Å². The number of hydrogen-bond donors (Lipinski definition) is 1. The summed E-state index contributed by atoms with van der Waals surface area (Å²) in [5.41, 5.74) is 6.60. The molecule has 0 saturated carbocycles. The summed E-state index contributed by atoms with van der Waals surface area (Å²) < 4.78 is 0.